The molecule has 4 N–H and O–H groups in total. The van der Waals surface area contributed by atoms with E-state index < -0.39 is 5.60 Å². The van der Waals surface area contributed by atoms with Gasteiger partial charge in [0.05, 0.1) is 32.1 Å². The zero-order valence-electron chi connectivity index (χ0n) is 13.3. The summed E-state index contributed by atoms with van der Waals surface area (Å²) in [6.07, 6.45) is 4.84. The fourth-order valence-corrected chi connectivity index (χ4v) is 2.69. The second-order valence-electron chi connectivity index (χ2n) is 5.68. The highest BCUT2D eigenvalue weighted by molar-refractivity contribution is 5.94. The molecule has 0 unspecified atom stereocenters. The van der Waals surface area contributed by atoms with Gasteiger partial charge in [-0.1, -0.05) is 19.3 Å². The maximum absolute atomic E-state index is 10.4. The van der Waals surface area contributed by atoms with E-state index in [0.717, 1.165) is 25.7 Å². The Labute approximate surface area is 131 Å². The number of nitrogens with zero attached hydrogens (tertiary/aromatic N) is 1. The monoisotopic (exact) mass is 307 g/mol. The number of anilines is 1. The highest BCUT2D eigenvalue weighted by Crippen LogP contribution is 2.30. The van der Waals surface area contributed by atoms with Gasteiger partial charge in [-0.05, 0) is 25.0 Å². The molecule has 0 radical (unpaired) electrons. The van der Waals surface area contributed by atoms with Crippen molar-refractivity contribution < 1.29 is 14.6 Å². The molecule has 0 amide bonds. The van der Waals surface area contributed by atoms with Crippen molar-refractivity contribution in [2.24, 2.45) is 10.7 Å². The molecule has 0 atom stereocenters. The van der Waals surface area contributed by atoms with Gasteiger partial charge >= 0.3 is 0 Å². The molecule has 22 heavy (non-hydrogen) atoms. The summed E-state index contributed by atoms with van der Waals surface area (Å²) in [7, 11) is 3.19. The molecule has 1 aliphatic carbocycles. The van der Waals surface area contributed by atoms with Crippen molar-refractivity contribution in [3.63, 3.8) is 0 Å². The second-order valence-corrected chi connectivity index (χ2v) is 5.68. The number of guanidine groups is 1. The molecule has 0 heterocycles. The Balaban J connectivity index is 2.04. The lowest BCUT2D eigenvalue weighted by Crippen LogP contribution is -2.36. The number of nitrogens with one attached hydrogen (secondary N) is 1. The number of aliphatic hydroxyl groups is 1. The van der Waals surface area contributed by atoms with Crippen molar-refractivity contribution in [2.45, 2.75) is 37.7 Å². The SMILES string of the molecule is COc1ccc(OC)c(NC(N)=NCC2(O)CCCCC2)c1. The first kappa shape index (κ1) is 16.4. The number of hydrogen-bond acceptors (Lipinski definition) is 4. The molecule has 122 valence electrons. The molecule has 0 saturated heterocycles. The number of ether oxygens (including phenoxy) is 2. The van der Waals surface area contributed by atoms with E-state index in [1.807, 2.05) is 6.07 Å². The fourth-order valence-electron chi connectivity index (χ4n) is 2.69. The molecule has 1 saturated carbocycles. The van der Waals surface area contributed by atoms with Gasteiger partial charge in [0.2, 0.25) is 0 Å². The first-order valence-electron chi connectivity index (χ1n) is 7.58. The van der Waals surface area contributed by atoms with Crippen molar-refractivity contribution in [1.82, 2.24) is 0 Å². The zero-order valence-corrected chi connectivity index (χ0v) is 13.3. The van der Waals surface area contributed by atoms with Crippen LogP contribution in [0.2, 0.25) is 0 Å². The third kappa shape index (κ3) is 4.27. The number of rotatable bonds is 5. The number of hydrogen-bond donors (Lipinski definition) is 3. The van der Waals surface area contributed by atoms with Gasteiger partial charge in [0, 0.05) is 6.07 Å². The van der Waals surface area contributed by atoms with E-state index in [1.165, 1.54) is 6.42 Å². The molecule has 1 aliphatic rings. The summed E-state index contributed by atoms with van der Waals surface area (Å²) in [5, 5.41) is 13.4. The maximum Gasteiger partial charge on any atom is 0.193 e. The lowest BCUT2D eigenvalue weighted by Gasteiger charge is -2.30. The average molecular weight is 307 g/mol. The number of nitrogens with two attached hydrogens (primary N) is 1. The van der Waals surface area contributed by atoms with E-state index in [4.69, 9.17) is 15.2 Å². The largest absolute Gasteiger partial charge is 0.497 e. The summed E-state index contributed by atoms with van der Waals surface area (Å²) in [6, 6.07) is 5.39. The fraction of sp³-hybridized carbons (Fsp3) is 0.562. The van der Waals surface area contributed by atoms with Gasteiger partial charge in [0.15, 0.2) is 5.96 Å². The van der Waals surface area contributed by atoms with Crippen molar-refractivity contribution in [3.05, 3.63) is 18.2 Å². The summed E-state index contributed by atoms with van der Waals surface area (Å²) in [5.41, 5.74) is 5.89. The van der Waals surface area contributed by atoms with Gasteiger partial charge in [-0.25, -0.2) is 0 Å². The Kier molecular flexibility index (Phi) is 5.49. The molecule has 0 bridgehead atoms. The highest BCUT2D eigenvalue weighted by Gasteiger charge is 2.28. The summed E-state index contributed by atoms with van der Waals surface area (Å²) < 4.78 is 10.5. The van der Waals surface area contributed by atoms with Crippen molar-refractivity contribution >= 4 is 11.6 Å². The minimum atomic E-state index is -0.719. The van der Waals surface area contributed by atoms with Crippen LogP contribution in [0.5, 0.6) is 11.5 Å². The molecule has 0 spiro atoms. The lowest BCUT2D eigenvalue weighted by atomic mass is 9.85. The van der Waals surface area contributed by atoms with Gasteiger partial charge in [-0.3, -0.25) is 4.99 Å². The second kappa shape index (κ2) is 7.35. The quantitative estimate of drug-likeness (QED) is 0.573. The van der Waals surface area contributed by atoms with Gasteiger partial charge < -0.3 is 25.6 Å². The van der Waals surface area contributed by atoms with E-state index >= 15 is 0 Å². The molecule has 0 aliphatic heterocycles. The molecule has 1 aromatic carbocycles. The highest BCUT2D eigenvalue weighted by atomic mass is 16.5. The number of methoxy groups -OCH3 is 2. The van der Waals surface area contributed by atoms with Crippen LogP contribution in [0.15, 0.2) is 23.2 Å². The van der Waals surface area contributed by atoms with Crippen LogP contribution in [0, 0.1) is 0 Å². The molecule has 2 rings (SSSR count). The summed E-state index contributed by atoms with van der Waals surface area (Å²) >= 11 is 0. The molecular weight excluding hydrogens is 282 g/mol. The normalized spacial score (nSPS) is 17.9. The first-order chi connectivity index (χ1) is 10.6. The number of aliphatic imine (C=N–C) groups is 1. The summed E-state index contributed by atoms with van der Waals surface area (Å²) in [4.78, 5) is 4.28. The average Bonchev–Trinajstić information content (AvgIpc) is 2.54. The van der Waals surface area contributed by atoms with Crippen LogP contribution in [0.1, 0.15) is 32.1 Å². The van der Waals surface area contributed by atoms with E-state index in [2.05, 4.69) is 10.3 Å². The minimum Gasteiger partial charge on any atom is -0.497 e. The van der Waals surface area contributed by atoms with Gasteiger partial charge in [-0.15, -0.1) is 0 Å². The van der Waals surface area contributed by atoms with E-state index in [9.17, 15) is 5.11 Å². The number of benzene rings is 1. The van der Waals surface area contributed by atoms with Gasteiger partial charge in [0.25, 0.3) is 0 Å². The smallest absolute Gasteiger partial charge is 0.193 e. The molecule has 6 nitrogen and oxygen atoms in total. The molecule has 1 aromatic rings. The van der Waals surface area contributed by atoms with Crippen LogP contribution in [0.3, 0.4) is 0 Å². The van der Waals surface area contributed by atoms with Gasteiger partial charge in [-0.2, -0.15) is 0 Å². The predicted molar refractivity (Wildman–Crippen MR) is 87.7 cm³/mol. The topological polar surface area (TPSA) is 89.1 Å². The first-order valence-corrected chi connectivity index (χ1v) is 7.58. The van der Waals surface area contributed by atoms with Crippen LogP contribution in [0.4, 0.5) is 5.69 Å². The van der Waals surface area contributed by atoms with E-state index in [1.54, 1.807) is 26.4 Å². The van der Waals surface area contributed by atoms with Crippen molar-refractivity contribution in [2.75, 3.05) is 26.1 Å². The predicted octanol–water partition coefficient (Wildman–Crippen LogP) is 2.13. The van der Waals surface area contributed by atoms with Crippen LogP contribution in [-0.4, -0.2) is 37.4 Å². The van der Waals surface area contributed by atoms with Crippen LogP contribution < -0.4 is 20.5 Å². The van der Waals surface area contributed by atoms with Crippen molar-refractivity contribution in [3.8, 4) is 11.5 Å². The van der Waals surface area contributed by atoms with E-state index in [-0.39, 0.29) is 5.96 Å². The Morgan fingerprint density at radius 3 is 2.64 bits per heavy atom. The maximum atomic E-state index is 10.4. The molecular formula is C16H25N3O3. The van der Waals surface area contributed by atoms with E-state index in [0.29, 0.717) is 23.7 Å². The summed E-state index contributed by atoms with van der Waals surface area (Å²) in [5.74, 6) is 1.60. The van der Waals surface area contributed by atoms with Gasteiger partial charge in [0.1, 0.15) is 11.5 Å². The Hall–Kier alpha value is -1.95. The van der Waals surface area contributed by atoms with Crippen LogP contribution in [-0.2, 0) is 0 Å². The third-order valence-electron chi connectivity index (χ3n) is 4.00. The third-order valence-corrected chi connectivity index (χ3v) is 4.00. The molecule has 0 aromatic heterocycles. The molecule has 6 heteroatoms. The van der Waals surface area contributed by atoms with Crippen molar-refractivity contribution in [1.29, 1.82) is 0 Å². The molecule has 1 fully saturated rings. The van der Waals surface area contributed by atoms with Crippen LogP contribution in [0.25, 0.3) is 0 Å². The lowest BCUT2D eigenvalue weighted by molar-refractivity contribution is 0.0132. The van der Waals surface area contributed by atoms with Crippen LogP contribution >= 0.6 is 0 Å². The Morgan fingerprint density at radius 1 is 1.27 bits per heavy atom. The minimum absolute atomic E-state index is 0.255. The zero-order chi connectivity index (χ0) is 16.0. The Bertz CT molecular complexity index is 525. The Morgan fingerprint density at radius 2 is 2.00 bits per heavy atom. The summed E-state index contributed by atoms with van der Waals surface area (Å²) in [6.45, 7) is 0.318. The standard InChI is InChI=1S/C16H25N3O3/c1-21-12-6-7-14(22-2)13(10-12)19-15(17)18-11-16(20)8-4-3-5-9-16/h6-7,10,20H,3-5,8-9,11H2,1-2H3,(H3,17,18,19).